The van der Waals surface area contributed by atoms with E-state index in [1.807, 2.05) is 6.07 Å². The van der Waals surface area contributed by atoms with E-state index in [1.54, 1.807) is 0 Å². The Labute approximate surface area is 156 Å². The van der Waals surface area contributed by atoms with Crippen LogP contribution in [-0.2, 0) is 11.2 Å². The molecule has 0 aromatic heterocycles. The van der Waals surface area contributed by atoms with Gasteiger partial charge >= 0.3 is 0 Å². The van der Waals surface area contributed by atoms with E-state index in [0.29, 0.717) is 12.5 Å². The molecule has 0 saturated carbocycles. The van der Waals surface area contributed by atoms with Crippen molar-refractivity contribution in [3.8, 4) is 0 Å². The first-order valence-corrected chi connectivity index (χ1v) is 7.95. The molecule has 0 aliphatic carbocycles. The standard InChI is InChI=1S/C17H28N4O.HI/c1-21(2)17(9-12-22-13-10-17)14-20-16(18)19-11-8-15-6-4-3-5-7-15;/h3-7H,8-14H2,1-2H3,(H3,18,19,20);1H. The molecule has 130 valence electrons. The highest BCUT2D eigenvalue weighted by molar-refractivity contribution is 14.0. The van der Waals surface area contributed by atoms with Gasteiger partial charge in [-0.3, -0.25) is 4.99 Å². The van der Waals surface area contributed by atoms with Gasteiger partial charge in [0.15, 0.2) is 5.96 Å². The molecule has 1 fully saturated rings. The topological polar surface area (TPSA) is 62.9 Å². The Balaban J connectivity index is 0.00000264. The van der Waals surface area contributed by atoms with E-state index in [2.05, 4.69) is 53.6 Å². The average Bonchev–Trinajstić information content (AvgIpc) is 2.55. The minimum atomic E-state index is 0. The Bertz CT molecular complexity index is 473. The molecule has 5 nitrogen and oxygen atoms in total. The Morgan fingerprint density at radius 1 is 1.26 bits per heavy atom. The summed E-state index contributed by atoms with van der Waals surface area (Å²) in [5, 5.41) is 3.20. The van der Waals surface area contributed by atoms with Crippen molar-refractivity contribution in [3.05, 3.63) is 35.9 Å². The van der Waals surface area contributed by atoms with E-state index >= 15 is 0 Å². The summed E-state index contributed by atoms with van der Waals surface area (Å²) in [7, 11) is 4.22. The van der Waals surface area contributed by atoms with Crippen LogP contribution in [0.2, 0.25) is 0 Å². The molecular weight excluding hydrogens is 403 g/mol. The maximum Gasteiger partial charge on any atom is 0.188 e. The fraction of sp³-hybridized carbons (Fsp3) is 0.588. The van der Waals surface area contributed by atoms with Crippen molar-refractivity contribution in [3.63, 3.8) is 0 Å². The normalized spacial score (nSPS) is 17.6. The molecule has 0 atom stereocenters. The van der Waals surface area contributed by atoms with Gasteiger partial charge in [-0.1, -0.05) is 30.3 Å². The third-order valence-electron chi connectivity index (χ3n) is 4.48. The van der Waals surface area contributed by atoms with Gasteiger partial charge < -0.3 is 20.7 Å². The lowest BCUT2D eigenvalue weighted by Gasteiger charge is -2.41. The molecule has 0 radical (unpaired) electrons. The van der Waals surface area contributed by atoms with Gasteiger partial charge in [0.05, 0.1) is 6.54 Å². The number of benzene rings is 1. The summed E-state index contributed by atoms with van der Waals surface area (Å²) < 4.78 is 5.47. The highest BCUT2D eigenvalue weighted by atomic mass is 127. The fourth-order valence-corrected chi connectivity index (χ4v) is 2.77. The minimum Gasteiger partial charge on any atom is -0.381 e. The van der Waals surface area contributed by atoms with E-state index in [9.17, 15) is 0 Å². The molecule has 1 heterocycles. The van der Waals surface area contributed by atoms with Gasteiger partial charge in [0.2, 0.25) is 0 Å². The molecule has 3 N–H and O–H groups in total. The van der Waals surface area contributed by atoms with Crippen LogP contribution >= 0.6 is 24.0 Å². The fourth-order valence-electron chi connectivity index (χ4n) is 2.77. The monoisotopic (exact) mass is 432 g/mol. The Morgan fingerprint density at radius 2 is 1.91 bits per heavy atom. The predicted molar refractivity (Wildman–Crippen MR) is 107 cm³/mol. The first-order chi connectivity index (χ1) is 10.6. The van der Waals surface area contributed by atoms with Crippen molar-refractivity contribution in [2.75, 3.05) is 40.4 Å². The van der Waals surface area contributed by atoms with Gasteiger partial charge in [-0.05, 0) is 38.9 Å². The van der Waals surface area contributed by atoms with Gasteiger partial charge in [0, 0.05) is 25.3 Å². The number of aliphatic imine (C=N–C) groups is 1. The number of nitrogens with one attached hydrogen (secondary N) is 1. The Hall–Kier alpha value is -0.860. The zero-order valence-electron chi connectivity index (χ0n) is 14.1. The number of nitrogens with zero attached hydrogens (tertiary/aromatic N) is 2. The molecule has 0 bridgehead atoms. The maximum absolute atomic E-state index is 6.00. The van der Waals surface area contributed by atoms with Crippen molar-refractivity contribution >= 4 is 29.9 Å². The third kappa shape index (κ3) is 6.27. The van der Waals surface area contributed by atoms with Crippen LogP contribution in [-0.4, -0.2) is 56.8 Å². The number of halogens is 1. The van der Waals surface area contributed by atoms with E-state index < -0.39 is 0 Å². The van der Waals surface area contributed by atoms with Crippen LogP contribution in [0.3, 0.4) is 0 Å². The van der Waals surface area contributed by atoms with Crippen LogP contribution < -0.4 is 11.1 Å². The molecule has 0 spiro atoms. The lowest BCUT2D eigenvalue weighted by atomic mass is 9.89. The summed E-state index contributed by atoms with van der Waals surface area (Å²) in [6, 6.07) is 10.4. The number of guanidine groups is 1. The molecule has 1 saturated heterocycles. The van der Waals surface area contributed by atoms with E-state index in [1.165, 1.54) is 5.56 Å². The Morgan fingerprint density at radius 3 is 2.52 bits per heavy atom. The largest absolute Gasteiger partial charge is 0.381 e. The summed E-state index contributed by atoms with van der Waals surface area (Å²) >= 11 is 0. The van der Waals surface area contributed by atoms with Crippen molar-refractivity contribution in [1.29, 1.82) is 0 Å². The smallest absolute Gasteiger partial charge is 0.188 e. The zero-order chi connectivity index (χ0) is 15.8. The number of hydrogen-bond donors (Lipinski definition) is 2. The highest BCUT2D eigenvalue weighted by Crippen LogP contribution is 2.26. The van der Waals surface area contributed by atoms with Crippen molar-refractivity contribution in [2.24, 2.45) is 10.7 Å². The molecule has 2 rings (SSSR count). The second kappa shape index (κ2) is 10.1. The average molecular weight is 432 g/mol. The third-order valence-corrected chi connectivity index (χ3v) is 4.48. The number of hydrogen-bond acceptors (Lipinski definition) is 3. The van der Waals surface area contributed by atoms with Crippen molar-refractivity contribution in [2.45, 2.75) is 24.8 Å². The van der Waals surface area contributed by atoms with Gasteiger partial charge in [0.25, 0.3) is 0 Å². The van der Waals surface area contributed by atoms with Gasteiger partial charge in [0.1, 0.15) is 0 Å². The molecule has 23 heavy (non-hydrogen) atoms. The molecule has 1 aliphatic heterocycles. The van der Waals surface area contributed by atoms with Crippen LogP contribution in [0, 0.1) is 0 Å². The predicted octanol–water partition coefficient (Wildman–Crippen LogP) is 1.86. The van der Waals surface area contributed by atoms with E-state index in [4.69, 9.17) is 10.5 Å². The number of nitrogens with two attached hydrogens (primary N) is 1. The summed E-state index contributed by atoms with van der Waals surface area (Å²) in [4.78, 5) is 6.82. The molecule has 0 amide bonds. The van der Waals surface area contributed by atoms with Gasteiger partial charge in [-0.25, -0.2) is 0 Å². The summed E-state index contributed by atoms with van der Waals surface area (Å²) in [5.41, 5.74) is 7.38. The second-order valence-corrected chi connectivity index (χ2v) is 6.09. The number of likely N-dealkylation sites (N-methyl/N-ethyl adjacent to an activating group) is 1. The first-order valence-electron chi connectivity index (χ1n) is 7.95. The van der Waals surface area contributed by atoms with E-state index in [0.717, 1.165) is 39.0 Å². The molecular formula is C17H29IN4O. The van der Waals surface area contributed by atoms with Crippen molar-refractivity contribution < 1.29 is 4.74 Å². The SMILES string of the molecule is CN(C)C1(CN=C(N)NCCc2ccccc2)CCOCC1.I. The van der Waals surface area contributed by atoms with Crippen LogP contribution in [0.25, 0.3) is 0 Å². The van der Waals surface area contributed by atoms with Crippen LogP contribution in [0.5, 0.6) is 0 Å². The maximum atomic E-state index is 6.00. The zero-order valence-corrected chi connectivity index (χ0v) is 16.5. The number of rotatable bonds is 6. The number of ether oxygens (including phenoxy) is 1. The molecule has 1 aliphatic rings. The highest BCUT2D eigenvalue weighted by Gasteiger charge is 2.34. The van der Waals surface area contributed by atoms with Crippen LogP contribution in [0.4, 0.5) is 0 Å². The second-order valence-electron chi connectivity index (χ2n) is 6.09. The van der Waals surface area contributed by atoms with Crippen LogP contribution in [0.15, 0.2) is 35.3 Å². The lowest BCUT2D eigenvalue weighted by molar-refractivity contribution is -0.00252. The lowest BCUT2D eigenvalue weighted by Crippen LogP contribution is -2.51. The van der Waals surface area contributed by atoms with Crippen LogP contribution in [0.1, 0.15) is 18.4 Å². The summed E-state index contributed by atoms with van der Waals surface area (Å²) in [5.74, 6) is 0.531. The molecule has 0 unspecified atom stereocenters. The summed E-state index contributed by atoms with van der Waals surface area (Å²) in [6.07, 6.45) is 2.95. The first kappa shape index (κ1) is 20.2. The molecule has 6 heteroatoms. The van der Waals surface area contributed by atoms with E-state index in [-0.39, 0.29) is 29.5 Å². The molecule has 1 aromatic rings. The van der Waals surface area contributed by atoms with Crippen molar-refractivity contribution in [1.82, 2.24) is 10.2 Å². The van der Waals surface area contributed by atoms with Gasteiger partial charge in [-0.2, -0.15) is 0 Å². The quantitative estimate of drug-likeness (QED) is 0.409. The summed E-state index contributed by atoms with van der Waals surface area (Å²) in [6.45, 7) is 3.12. The minimum absolute atomic E-state index is 0. The molecule has 1 aromatic carbocycles. The van der Waals surface area contributed by atoms with Gasteiger partial charge in [-0.15, -0.1) is 24.0 Å². The Kier molecular flexibility index (Phi) is 8.86.